The topological polar surface area (TPSA) is 72.8 Å². The van der Waals surface area contributed by atoms with Crippen molar-refractivity contribution >= 4 is 11.9 Å². The van der Waals surface area contributed by atoms with E-state index in [-0.39, 0.29) is 18.8 Å². The first kappa shape index (κ1) is 24.9. The lowest BCUT2D eigenvalue weighted by atomic mass is 10.1. The first-order valence-corrected chi connectivity index (χ1v) is 10.6. The fraction of sp³-hybridized carbons (Fsp3) is 0.905. The van der Waals surface area contributed by atoms with Crippen LogP contribution < -0.4 is 0 Å². The molecule has 0 rings (SSSR count). The zero-order chi connectivity index (χ0) is 19.5. The van der Waals surface area contributed by atoms with Crippen LogP contribution in [0.4, 0.5) is 0 Å². The second-order valence-electron chi connectivity index (χ2n) is 6.98. The molecule has 0 fully saturated rings. The van der Waals surface area contributed by atoms with Crippen molar-refractivity contribution in [1.82, 2.24) is 0 Å². The van der Waals surface area contributed by atoms with Crippen LogP contribution in [0, 0.1) is 0 Å². The van der Waals surface area contributed by atoms with Crippen molar-refractivity contribution in [2.24, 2.45) is 0 Å². The SMILES string of the molecule is CCCCCCCCOC(=O)CC[C@@H](O)C(=O)OCCCCCCCC. The summed E-state index contributed by atoms with van der Waals surface area (Å²) in [5.41, 5.74) is 0. The van der Waals surface area contributed by atoms with E-state index in [0.29, 0.717) is 13.2 Å². The molecule has 0 aliphatic heterocycles. The van der Waals surface area contributed by atoms with Gasteiger partial charge in [0.15, 0.2) is 6.10 Å². The molecular weight excluding hydrogens is 332 g/mol. The third kappa shape index (κ3) is 16.4. The van der Waals surface area contributed by atoms with Crippen LogP contribution in [0.25, 0.3) is 0 Å². The van der Waals surface area contributed by atoms with Gasteiger partial charge in [-0.25, -0.2) is 4.79 Å². The summed E-state index contributed by atoms with van der Waals surface area (Å²) in [4.78, 5) is 23.3. The molecule has 154 valence electrons. The largest absolute Gasteiger partial charge is 0.466 e. The fourth-order valence-electron chi connectivity index (χ4n) is 2.66. The number of unbranched alkanes of at least 4 members (excludes halogenated alkanes) is 10. The van der Waals surface area contributed by atoms with Crippen molar-refractivity contribution in [3.8, 4) is 0 Å². The second-order valence-corrected chi connectivity index (χ2v) is 6.98. The summed E-state index contributed by atoms with van der Waals surface area (Å²) in [6, 6.07) is 0. The van der Waals surface area contributed by atoms with Crippen LogP contribution in [0.15, 0.2) is 0 Å². The molecule has 0 aromatic carbocycles. The minimum absolute atomic E-state index is 0.0448. The Hall–Kier alpha value is -1.10. The molecule has 26 heavy (non-hydrogen) atoms. The molecule has 0 saturated carbocycles. The maximum absolute atomic E-state index is 11.7. The number of esters is 2. The van der Waals surface area contributed by atoms with Gasteiger partial charge in [-0.15, -0.1) is 0 Å². The second kappa shape index (κ2) is 18.7. The number of aliphatic hydroxyl groups is 1. The molecule has 1 atom stereocenters. The first-order chi connectivity index (χ1) is 12.6. The van der Waals surface area contributed by atoms with Gasteiger partial charge in [-0.1, -0.05) is 78.1 Å². The first-order valence-electron chi connectivity index (χ1n) is 10.6. The van der Waals surface area contributed by atoms with E-state index < -0.39 is 12.1 Å². The average molecular weight is 373 g/mol. The fourth-order valence-corrected chi connectivity index (χ4v) is 2.66. The number of rotatable bonds is 18. The highest BCUT2D eigenvalue weighted by Gasteiger charge is 2.18. The van der Waals surface area contributed by atoms with Crippen molar-refractivity contribution in [1.29, 1.82) is 0 Å². The Balaban J connectivity index is 3.53. The van der Waals surface area contributed by atoms with Crippen molar-refractivity contribution in [2.75, 3.05) is 13.2 Å². The normalized spacial score (nSPS) is 12.0. The summed E-state index contributed by atoms with van der Waals surface area (Å²) < 4.78 is 10.2. The lowest BCUT2D eigenvalue weighted by molar-refractivity contribution is -0.155. The number of aliphatic hydroxyl groups excluding tert-OH is 1. The van der Waals surface area contributed by atoms with E-state index in [0.717, 1.165) is 32.1 Å². The highest BCUT2D eigenvalue weighted by molar-refractivity contribution is 5.76. The van der Waals surface area contributed by atoms with E-state index in [9.17, 15) is 14.7 Å². The van der Waals surface area contributed by atoms with Crippen LogP contribution in [0.3, 0.4) is 0 Å². The summed E-state index contributed by atoms with van der Waals surface area (Å²) in [7, 11) is 0. The van der Waals surface area contributed by atoms with Crippen LogP contribution in [-0.2, 0) is 19.1 Å². The Morgan fingerprint density at radius 3 is 1.73 bits per heavy atom. The number of carbonyl (C=O) groups excluding carboxylic acids is 2. The third-order valence-corrected chi connectivity index (χ3v) is 4.40. The van der Waals surface area contributed by atoms with Gasteiger partial charge in [-0.2, -0.15) is 0 Å². The maximum atomic E-state index is 11.7. The van der Waals surface area contributed by atoms with Crippen molar-refractivity contribution in [3.05, 3.63) is 0 Å². The molecule has 0 unspecified atom stereocenters. The van der Waals surface area contributed by atoms with Gasteiger partial charge in [0.1, 0.15) is 0 Å². The summed E-state index contributed by atoms with van der Waals surface area (Å²) in [6.45, 7) is 5.11. The predicted molar refractivity (Wildman–Crippen MR) is 104 cm³/mol. The van der Waals surface area contributed by atoms with Crippen LogP contribution in [0.5, 0.6) is 0 Å². The van der Waals surface area contributed by atoms with Crippen LogP contribution in [-0.4, -0.2) is 36.4 Å². The van der Waals surface area contributed by atoms with Gasteiger partial charge in [0.2, 0.25) is 0 Å². The standard InChI is InChI=1S/C21H40O5/c1-3-5-7-9-11-13-17-25-20(23)16-15-19(22)21(24)26-18-14-12-10-8-6-4-2/h19,22H,3-18H2,1-2H3/t19-/m1/s1. The molecule has 0 aliphatic carbocycles. The zero-order valence-corrected chi connectivity index (χ0v) is 17.0. The summed E-state index contributed by atoms with van der Waals surface area (Å²) in [5.74, 6) is -0.997. The van der Waals surface area contributed by atoms with Gasteiger partial charge in [-0.3, -0.25) is 4.79 Å². The van der Waals surface area contributed by atoms with E-state index in [1.807, 2.05) is 0 Å². The Kier molecular flexibility index (Phi) is 17.9. The van der Waals surface area contributed by atoms with Crippen molar-refractivity contribution < 1.29 is 24.2 Å². The summed E-state index contributed by atoms with van der Waals surface area (Å²) >= 11 is 0. The maximum Gasteiger partial charge on any atom is 0.334 e. The molecule has 0 spiro atoms. The number of hydrogen-bond acceptors (Lipinski definition) is 5. The smallest absolute Gasteiger partial charge is 0.334 e. The quantitative estimate of drug-likeness (QED) is 0.273. The Morgan fingerprint density at radius 2 is 1.19 bits per heavy atom. The molecule has 0 radical (unpaired) electrons. The zero-order valence-electron chi connectivity index (χ0n) is 17.0. The molecule has 0 saturated heterocycles. The lowest BCUT2D eigenvalue weighted by Crippen LogP contribution is -2.24. The minimum Gasteiger partial charge on any atom is -0.466 e. The van der Waals surface area contributed by atoms with Gasteiger partial charge in [0.25, 0.3) is 0 Å². The molecule has 0 aliphatic rings. The van der Waals surface area contributed by atoms with E-state index in [1.165, 1.54) is 44.9 Å². The Bertz CT molecular complexity index is 343. The van der Waals surface area contributed by atoms with E-state index in [1.54, 1.807) is 0 Å². The monoisotopic (exact) mass is 372 g/mol. The van der Waals surface area contributed by atoms with Gasteiger partial charge < -0.3 is 14.6 Å². The predicted octanol–water partition coefficient (Wildman–Crippen LogP) is 4.93. The summed E-state index contributed by atoms with van der Waals surface area (Å²) in [6.07, 6.45) is 12.4. The molecule has 0 aromatic heterocycles. The van der Waals surface area contributed by atoms with Gasteiger partial charge in [0.05, 0.1) is 13.2 Å². The van der Waals surface area contributed by atoms with Crippen molar-refractivity contribution in [3.63, 3.8) is 0 Å². The third-order valence-electron chi connectivity index (χ3n) is 4.40. The molecule has 0 bridgehead atoms. The van der Waals surface area contributed by atoms with E-state index in [4.69, 9.17) is 9.47 Å². The molecule has 0 amide bonds. The molecule has 1 N–H and O–H groups in total. The number of hydrogen-bond donors (Lipinski definition) is 1. The highest BCUT2D eigenvalue weighted by Crippen LogP contribution is 2.08. The number of carbonyl (C=O) groups is 2. The Morgan fingerprint density at radius 1 is 0.731 bits per heavy atom. The average Bonchev–Trinajstić information content (AvgIpc) is 2.64. The lowest BCUT2D eigenvalue weighted by Gasteiger charge is -2.10. The highest BCUT2D eigenvalue weighted by atomic mass is 16.5. The van der Waals surface area contributed by atoms with Crippen molar-refractivity contribution in [2.45, 2.75) is 110 Å². The van der Waals surface area contributed by atoms with Crippen LogP contribution in [0.1, 0.15) is 104 Å². The molecule has 5 nitrogen and oxygen atoms in total. The van der Waals surface area contributed by atoms with E-state index in [2.05, 4.69) is 13.8 Å². The molecule has 5 heteroatoms. The van der Waals surface area contributed by atoms with Crippen LogP contribution >= 0.6 is 0 Å². The van der Waals surface area contributed by atoms with Gasteiger partial charge in [-0.05, 0) is 19.3 Å². The molecule has 0 heterocycles. The van der Waals surface area contributed by atoms with Gasteiger partial charge in [0, 0.05) is 6.42 Å². The van der Waals surface area contributed by atoms with Crippen LogP contribution in [0.2, 0.25) is 0 Å². The Labute approximate surface area is 159 Å². The van der Waals surface area contributed by atoms with E-state index >= 15 is 0 Å². The number of ether oxygens (including phenoxy) is 2. The molecule has 0 aromatic rings. The minimum atomic E-state index is -1.24. The van der Waals surface area contributed by atoms with Gasteiger partial charge >= 0.3 is 11.9 Å². The summed E-state index contributed by atoms with van der Waals surface area (Å²) in [5, 5.41) is 9.75. The molecular formula is C21H40O5.